The van der Waals surface area contributed by atoms with Gasteiger partial charge < -0.3 is 4.90 Å². The van der Waals surface area contributed by atoms with E-state index >= 15 is 0 Å². The van der Waals surface area contributed by atoms with Crippen LogP contribution < -0.4 is 4.90 Å². The summed E-state index contributed by atoms with van der Waals surface area (Å²) in [7, 11) is -4.86. The molecule has 1 aromatic carbocycles. The minimum absolute atomic E-state index is 0.257. The van der Waals surface area contributed by atoms with E-state index in [1.807, 2.05) is 0 Å². The molecule has 8 heteroatoms. The Hall–Kier alpha value is -1.57. The SMILES string of the molecule is O=C1CC(S(=O)(=O)F)CN1c1ccc(F)cc1F. The first-order valence-electron chi connectivity index (χ1n) is 4.98. The zero-order chi connectivity index (χ0) is 13.5. The Labute approximate surface area is 101 Å². The fourth-order valence-corrected chi connectivity index (χ4v) is 2.47. The standard InChI is InChI=1S/C10H8F3NO3S/c11-6-1-2-9(8(12)3-6)14-5-7(4-10(14)15)18(13,16)17/h1-3,7H,4-5H2. The molecule has 1 aliphatic heterocycles. The molecule has 18 heavy (non-hydrogen) atoms. The number of benzene rings is 1. The van der Waals surface area contributed by atoms with Crippen LogP contribution in [0.4, 0.5) is 18.4 Å². The van der Waals surface area contributed by atoms with Crippen molar-refractivity contribution in [2.45, 2.75) is 11.7 Å². The third-order valence-electron chi connectivity index (χ3n) is 2.69. The molecular formula is C10H8F3NO3S. The van der Waals surface area contributed by atoms with E-state index in [1.165, 1.54) is 0 Å². The van der Waals surface area contributed by atoms with Crippen molar-refractivity contribution in [3.05, 3.63) is 29.8 Å². The third-order valence-corrected chi connectivity index (χ3v) is 3.80. The van der Waals surface area contributed by atoms with Crippen LogP contribution in [0.3, 0.4) is 0 Å². The molecule has 0 aliphatic carbocycles. The summed E-state index contributed by atoms with van der Waals surface area (Å²) in [4.78, 5) is 12.3. The van der Waals surface area contributed by atoms with Crippen molar-refractivity contribution >= 4 is 21.8 Å². The van der Waals surface area contributed by atoms with Gasteiger partial charge in [-0.15, -0.1) is 3.89 Å². The van der Waals surface area contributed by atoms with Gasteiger partial charge in [0.15, 0.2) is 0 Å². The largest absolute Gasteiger partial charge is 0.308 e. The normalized spacial score (nSPS) is 20.5. The number of hydrogen-bond acceptors (Lipinski definition) is 3. The van der Waals surface area contributed by atoms with Crippen molar-refractivity contribution in [1.82, 2.24) is 0 Å². The molecule has 0 bridgehead atoms. The van der Waals surface area contributed by atoms with Gasteiger partial charge in [-0.2, -0.15) is 8.42 Å². The molecule has 0 spiro atoms. The first-order valence-corrected chi connectivity index (χ1v) is 6.42. The number of nitrogens with zero attached hydrogens (tertiary/aromatic N) is 1. The Balaban J connectivity index is 2.33. The van der Waals surface area contributed by atoms with Gasteiger partial charge in [-0.1, -0.05) is 0 Å². The molecule has 1 amide bonds. The summed E-state index contributed by atoms with van der Waals surface area (Å²) >= 11 is 0. The molecule has 98 valence electrons. The summed E-state index contributed by atoms with van der Waals surface area (Å²) in [6.45, 7) is -0.472. The van der Waals surface area contributed by atoms with Crippen LogP contribution in [0.15, 0.2) is 18.2 Å². The number of amides is 1. The Morgan fingerprint density at radius 1 is 1.28 bits per heavy atom. The summed E-state index contributed by atoms with van der Waals surface area (Å²) in [6.07, 6.45) is -0.546. The highest BCUT2D eigenvalue weighted by Crippen LogP contribution is 2.28. The highest BCUT2D eigenvalue weighted by molar-refractivity contribution is 7.87. The van der Waals surface area contributed by atoms with Gasteiger partial charge in [-0.25, -0.2) is 8.78 Å². The minimum atomic E-state index is -4.86. The Morgan fingerprint density at radius 3 is 2.44 bits per heavy atom. The fourth-order valence-electron chi connectivity index (χ4n) is 1.80. The Morgan fingerprint density at radius 2 is 1.94 bits per heavy atom. The van der Waals surface area contributed by atoms with Gasteiger partial charge in [0.05, 0.1) is 5.69 Å². The van der Waals surface area contributed by atoms with Crippen LogP contribution in [-0.2, 0) is 15.0 Å². The van der Waals surface area contributed by atoms with E-state index in [2.05, 4.69) is 0 Å². The summed E-state index contributed by atoms with van der Waals surface area (Å²) in [5.74, 6) is -2.54. The third kappa shape index (κ3) is 2.33. The molecule has 1 aromatic rings. The summed E-state index contributed by atoms with van der Waals surface area (Å²) in [5, 5.41) is -1.51. The van der Waals surface area contributed by atoms with Crippen LogP contribution in [0.1, 0.15) is 6.42 Å². The lowest BCUT2D eigenvalue weighted by molar-refractivity contribution is -0.117. The van der Waals surface area contributed by atoms with Gasteiger partial charge in [0.2, 0.25) is 5.91 Å². The zero-order valence-electron chi connectivity index (χ0n) is 8.94. The smallest absolute Gasteiger partial charge is 0.307 e. The van der Waals surface area contributed by atoms with Crippen LogP contribution >= 0.6 is 0 Å². The zero-order valence-corrected chi connectivity index (χ0v) is 9.75. The van der Waals surface area contributed by atoms with E-state index in [1.54, 1.807) is 0 Å². The van der Waals surface area contributed by atoms with E-state index in [9.17, 15) is 25.9 Å². The first-order chi connectivity index (χ1) is 8.29. The lowest BCUT2D eigenvalue weighted by atomic mass is 10.2. The van der Waals surface area contributed by atoms with Crippen LogP contribution in [0.25, 0.3) is 0 Å². The van der Waals surface area contributed by atoms with E-state index in [0.29, 0.717) is 6.07 Å². The van der Waals surface area contributed by atoms with Crippen molar-refractivity contribution in [1.29, 1.82) is 0 Å². The van der Waals surface area contributed by atoms with Gasteiger partial charge in [0, 0.05) is 19.0 Å². The molecule has 1 saturated heterocycles. The quantitative estimate of drug-likeness (QED) is 0.768. The van der Waals surface area contributed by atoms with Crippen LogP contribution in [-0.4, -0.2) is 26.1 Å². The lowest BCUT2D eigenvalue weighted by Gasteiger charge is -2.16. The van der Waals surface area contributed by atoms with Gasteiger partial charge in [0.1, 0.15) is 16.9 Å². The van der Waals surface area contributed by atoms with Crippen LogP contribution in [0, 0.1) is 11.6 Å². The first kappa shape index (κ1) is 12.9. The lowest BCUT2D eigenvalue weighted by Crippen LogP contribution is -2.27. The molecule has 2 rings (SSSR count). The van der Waals surface area contributed by atoms with Crippen LogP contribution in [0.5, 0.6) is 0 Å². The van der Waals surface area contributed by atoms with E-state index in [4.69, 9.17) is 0 Å². The average Bonchev–Trinajstić information content (AvgIpc) is 2.60. The molecular weight excluding hydrogens is 271 g/mol. The van der Waals surface area contributed by atoms with Crippen molar-refractivity contribution in [2.75, 3.05) is 11.4 Å². The number of anilines is 1. The van der Waals surface area contributed by atoms with Crippen molar-refractivity contribution < 1.29 is 25.9 Å². The Bertz CT molecular complexity index is 602. The number of rotatable bonds is 2. The monoisotopic (exact) mass is 279 g/mol. The molecule has 0 radical (unpaired) electrons. The summed E-state index contributed by atoms with van der Waals surface area (Å²) in [5.41, 5.74) is -0.257. The number of carbonyl (C=O) groups is 1. The second kappa shape index (κ2) is 4.27. The fraction of sp³-hybridized carbons (Fsp3) is 0.300. The molecule has 0 aromatic heterocycles. The molecule has 1 heterocycles. The maximum Gasteiger partial charge on any atom is 0.307 e. The van der Waals surface area contributed by atoms with Gasteiger partial charge in [-0.05, 0) is 12.1 Å². The number of carbonyl (C=O) groups excluding carboxylic acids is 1. The molecule has 1 unspecified atom stereocenters. The van der Waals surface area contributed by atoms with Crippen molar-refractivity contribution in [3.8, 4) is 0 Å². The van der Waals surface area contributed by atoms with Gasteiger partial charge in [-0.3, -0.25) is 4.79 Å². The Kier molecular flexibility index (Phi) is 3.05. The summed E-state index contributed by atoms with van der Waals surface area (Å²) < 4.78 is 60.3. The molecule has 4 nitrogen and oxygen atoms in total. The molecule has 1 aliphatic rings. The predicted octanol–water partition coefficient (Wildman–Crippen LogP) is 1.37. The maximum absolute atomic E-state index is 13.4. The van der Waals surface area contributed by atoms with E-state index in [-0.39, 0.29) is 5.69 Å². The second-order valence-corrected chi connectivity index (χ2v) is 5.52. The van der Waals surface area contributed by atoms with Gasteiger partial charge >= 0.3 is 10.2 Å². The summed E-state index contributed by atoms with van der Waals surface area (Å²) in [6, 6.07) is 2.51. The highest BCUT2D eigenvalue weighted by atomic mass is 32.3. The topological polar surface area (TPSA) is 54.5 Å². The van der Waals surface area contributed by atoms with Crippen LogP contribution in [0.2, 0.25) is 0 Å². The molecule has 0 saturated carbocycles. The maximum atomic E-state index is 13.4. The molecule has 1 atom stereocenters. The second-order valence-electron chi connectivity index (χ2n) is 3.90. The van der Waals surface area contributed by atoms with E-state index < -0.39 is 46.0 Å². The molecule has 0 N–H and O–H groups in total. The predicted molar refractivity (Wildman–Crippen MR) is 57.1 cm³/mol. The number of hydrogen-bond donors (Lipinski definition) is 0. The highest BCUT2D eigenvalue weighted by Gasteiger charge is 2.39. The minimum Gasteiger partial charge on any atom is -0.308 e. The van der Waals surface area contributed by atoms with Crippen molar-refractivity contribution in [2.24, 2.45) is 0 Å². The van der Waals surface area contributed by atoms with Gasteiger partial charge in [0.25, 0.3) is 0 Å². The van der Waals surface area contributed by atoms with E-state index in [0.717, 1.165) is 17.0 Å². The van der Waals surface area contributed by atoms with Crippen molar-refractivity contribution in [3.63, 3.8) is 0 Å². The average molecular weight is 279 g/mol. The molecule has 1 fully saturated rings. The number of halogens is 3.